The van der Waals surface area contributed by atoms with Crippen molar-refractivity contribution in [1.82, 2.24) is 0 Å². The van der Waals surface area contributed by atoms with Gasteiger partial charge in [0.2, 0.25) is 0 Å². The first-order valence-corrected chi connectivity index (χ1v) is 6.30. The van der Waals surface area contributed by atoms with E-state index in [1.54, 1.807) is 19.4 Å². The molecule has 1 rings (SSSR count). The van der Waals surface area contributed by atoms with Gasteiger partial charge in [-0.25, -0.2) is 0 Å². The molecule has 0 aliphatic heterocycles. The zero-order chi connectivity index (χ0) is 14.1. The summed E-state index contributed by atoms with van der Waals surface area (Å²) in [4.78, 5) is 12.2. The fraction of sp³-hybridized carbons (Fsp3) is 0.562. The lowest BCUT2D eigenvalue weighted by Crippen LogP contribution is -2.27. The topological polar surface area (TPSA) is 26.3 Å². The van der Waals surface area contributed by atoms with Gasteiger partial charge < -0.3 is 4.74 Å². The molecule has 1 aliphatic rings. The number of ether oxygens (including phenoxy) is 1. The maximum Gasteiger partial charge on any atom is 0.182 e. The van der Waals surface area contributed by atoms with Crippen LogP contribution in [0.2, 0.25) is 0 Å². The number of rotatable bonds is 1. The van der Waals surface area contributed by atoms with Gasteiger partial charge in [0.15, 0.2) is 5.78 Å². The summed E-state index contributed by atoms with van der Waals surface area (Å²) in [5.74, 6) is 0.112. The van der Waals surface area contributed by atoms with Crippen molar-refractivity contribution in [1.29, 1.82) is 0 Å². The van der Waals surface area contributed by atoms with Gasteiger partial charge in [-0.1, -0.05) is 41.5 Å². The Morgan fingerprint density at radius 1 is 0.944 bits per heavy atom. The minimum Gasteiger partial charge on any atom is -0.504 e. The Bertz CT molecular complexity index is 435. The second-order valence-corrected chi connectivity index (χ2v) is 6.76. The lowest BCUT2D eigenvalue weighted by atomic mass is 9.69. The van der Waals surface area contributed by atoms with Crippen LogP contribution in [0.5, 0.6) is 0 Å². The third-order valence-electron chi connectivity index (χ3n) is 2.94. The summed E-state index contributed by atoms with van der Waals surface area (Å²) in [6.45, 7) is 12.6. The van der Waals surface area contributed by atoms with Gasteiger partial charge in [-0.05, 0) is 28.6 Å². The summed E-state index contributed by atoms with van der Waals surface area (Å²) in [6, 6.07) is 0. The van der Waals surface area contributed by atoms with E-state index < -0.39 is 0 Å². The third-order valence-corrected chi connectivity index (χ3v) is 2.94. The molecule has 0 heterocycles. The molecule has 0 radical (unpaired) electrons. The number of hydrogen-bond donors (Lipinski definition) is 0. The van der Waals surface area contributed by atoms with Crippen LogP contribution in [-0.4, -0.2) is 12.9 Å². The Balaban J connectivity index is 3.58. The number of carbonyl (C=O) groups is 1. The highest BCUT2D eigenvalue weighted by Crippen LogP contribution is 2.43. The van der Waals surface area contributed by atoms with Crippen LogP contribution in [0.3, 0.4) is 0 Å². The van der Waals surface area contributed by atoms with E-state index in [0.29, 0.717) is 0 Å². The van der Waals surface area contributed by atoms with Crippen LogP contribution in [0, 0.1) is 10.8 Å². The van der Waals surface area contributed by atoms with Gasteiger partial charge in [-0.2, -0.15) is 0 Å². The highest BCUT2D eigenvalue weighted by molar-refractivity contribution is 6.08. The first-order chi connectivity index (χ1) is 8.09. The molecule has 0 saturated heterocycles. The third kappa shape index (κ3) is 2.92. The van der Waals surface area contributed by atoms with E-state index in [1.165, 1.54) is 0 Å². The molecule has 0 unspecified atom stereocenters. The summed E-state index contributed by atoms with van der Waals surface area (Å²) in [7, 11) is 1.63. The monoisotopic (exact) mass is 248 g/mol. The molecular formula is C16H24O2. The van der Waals surface area contributed by atoms with Crippen molar-refractivity contribution in [2.75, 3.05) is 7.11 Å². The average molecular weight is 248 g/mol. The molecule has 1 aliphatic carbocycles. The van der Waals surface area contributed by atoms with Crippen molar-refractivity contribution in [2.45, 2.75) is 41.5 Å². The molecule has 0 bridgehead atoms. The Labute approximate surface area is 110 Å². The molecule has 2 nitrogen and oxygen atoms in total. The van der Waals surface area contributed by atoms with Crippen molar-refractivity contribution in [3.63, 3.8) is 0 Å². The van der Waals surface area contributed by atoms with Crippen molar-refractivity contribution < 1.29 is 9.53 Å². The first kappa shape index (κ1) is 14.7. The van der Waals surface area contributed by atoms with Crippen molar-refractivity contribution in [3.05, 3.63) is 35.1 Å². The molecule has 0 fully saturated rings. The second-order valence-electron chi connectivity index (χ2n) is 6.76. The normalized spacial score (nSPS) is 19.7. The summed E-state index contributed by atoms with van der Waals surface area (Å²) < 4.78 is 5.14. The van der Waals surface area contributed by atoms with Gasteiger partial charge in [-0.3, -0.25) is 4.79 Å². The van der Waals surface area contributed by atoms with E-state index in [9.17, 15) is 4.79 Å². The average Bonchev–Trinajstić information content (AvgIpc) is 2.17. The van der Waals surface area contributed by atoms with Crippen molar-refractivity contribution >= 4 is 5.78 Å². The van der Waals surface area contributed by atoms with Crippen LogP contribution in [0.25, 0.3) is 0 Å². The largest absolute Gasteiger partial charge is 0.504 e. The maximum absolute atomic E-state index is 12.2. The lowest BCUT2D eigenvalue weighted by molar-refractivity contribution is -0.112. The molecule has 0 aromatic rings. The van der Waals surface area contributed by atoms with E-state index in [-0.39, 0.29) is 16.6 Å². The maximum atomic E-state index is 12.2. The van der Waals surface area contributed by atoms with Crippen LogP contribution in [0.15, 0.2) is 35.1 Å². The zero-order valence-corrected chi connectivity index (χ0v) is 12.5. The Kier molecular flexibility index (Phi) is 3.89. The molecular weight excluding hydrogens is 224 g/mol. The van der Waals surface area contributed by atoms with Gasteiger partial charge in [-0.15, -0.1) is 0 Å². The van der Waals surface area contributed by atoms with Crippen LogP contribution in [0.1, 0.15) is 41.5 Å². The van der Waals surface area contributed by atoms with Gasteiger partial charge in [0.05, 0.1) is 13.4 Å². The van der Waals surface area contributed by atoms with Crippen molar-refractivity contribution in [2.24, 2.45) is 10.8 Å². The number of carbonyl (C=O) groups excluding carboxylic acids is 1. The molecule has 0 N–H and O–H groups in total. The minimum absolute atomic E-state index is 0.0899. The predicted molar refractivity (Wildman–Crippen MR) is 75.2 cm³/mol. The van der Waals surface area contributed by atoms with Gasteiger partial charge in [0.25, 0.3) is 0 Å². The number of methoxy groups -OCH3 is 1. The first-order valence-electron chi connectivity index (χ1n) is 6.30. The fourth-order valence-electron chi connectivity index (χ4n) is 2.38. The molecule has 0 amide bonds. The number of allylic oxidation sites excluding steroid dienone is 5. The highest BCUT2D eigenvalue weighted by Gasteiger charge is 2.34. The van der Waals surface area contributed by atoms with E-state index in [1.807, 2.05) is 6.08 Å². The van der Waals surface area contributed by atoms with Crippen LogP contribution in [-0.2, 0) is 9.53 Å². The summed E-state index contributed by atoms with van der Waals surface area (Å²) in [6.07, 6.45) is 5.21. The molecule has 0 atom stereocenters. The quantitative estimate of drug-likeness (QED) is 0.654. The molecule has 18 heavy (non-hydrogen) atoms. The predicted octanol–water partition coefficient (Wildman–Crippen LogP) is 4.04. The Morgan fingerprint density at radius 3 is 1.83 bits per heavy atom. The molecule has 100 valence electrons. The van der Waals surface area contributed by atoms with Crippen LogP contribution in [0.4, 0.5) is 0 Å². The fourth-order valence-corrected chi connectivity index (χ4v) is 2.38. The van der Waals surface area contributed by atoms with E-state index in [4.69, 9.17) is 4.74 Å². The van der Waals surface area contributed by atoms with Crippen molar-refractivity contribution in [3.8, 4) is 0 Å². The van der Waals surface area contributed by atoms with Crippen LogP contribution < -0.4 is 0 Å². The molecule has 0 saturated carbocycles. The van der Waals surface area contributed by atoms with E-state index in [0.717, 1.165) is 16.7 Å². The van der Waals surface area contributed by atoms with Gasteiger partial charge in [0.1, 0.15) is 0 Å². The summed E-state index contributed by atoms with van der Waals surface area (Å²) in [5, 5.41) is 0. The summed E-state index contributed by atoms with van der Waals surface area (Å²) in [5.41, 5.74) is 2.71. The standard InChI is InChI=1S/C16H24O2/c1-15(2,3)13-11(10-18-7)8-9-12(17)14(13)16(4,5)6/h8-10H,1-7H3. The number of ketones is 1. The molecule has 0 aromatic heterocycles. The van der Waals surface area contributed by atoms with Crippen LogP contribution >= 0.6 is 0 Å². The van der Waals surface area contributed by atoms with E-state index >= 15 is 0 Å². The smallest absolute Gasteiger partial charge is 0.182 e. The summed E-state index contributed by atoms with van der Waals surface area (Å²) >= 11 is 0. The van der Waals surface area contributed by atoms with E-state index in [2.05, 4.69) is 41.5 Å². The highest BCUT2D eigenvalue weighted by atomic mass is 16.5. The Hall–Kier alpha value is -1.31. The molecule has 2 heteroatoms. The van der Waals surface area contributed by atoms with Gasteiger partial charge >= 0.3 is 0 Å². The molecule has 0 spiro atoms. The SMILES string of the molecule is COC=C1C=CC(=O)C(C(C)(C)C)=C1C(C)(C)C. The lowest BCUT2D eigenvalue weighted by Gasteiger charge is -2.34. The second kappa shape index (κ2) is 4.75. The minimum atomic E-state index is -0.169. The Morgan fingerprint density at radius 2 is 1.44 bits per heavy atom. The van der Waals surface area contributed by atoms with Gasteiger partial charge in [0, 0.05) is 11.1 Å². The molecule has 0 aromatic carbocycles. The number of hydrogen-bond acceptors (Lipinski definition) is 2. The zero-order valence-electron chi connectivity index (χ0n) is 12.5.